The molecule has 0 N–H and O–H groups in total. The maximum Gasteiger partial charge on any atom is 0.338 e. The van der Waals surface area contributed by atoms with Gasteiger partial charge in [0.15, 0.2) is 5.65 Å². The van der Waals surface area contributed by atoms with Gasteiger partial charge in [-0.25, -0.2) is 14.8 Å². The standard InChI is InChI=1S/C23H28N6O2/c1-4-23(2,3)22(30)31-29-12-10-18-20(25-15-26-21(18)29)17-13-27-28(14-17)19(9-11-24)16-7-5-6-8-16/h10,12-16,19H,4-9H2,1-3H3/t19-/m1/s1. The van der Waals surface area contributed by atoms with E-state index in [1.165, 1.54) is 23.9 Å². The third-order valence-corrected chi connectivity index (χ3v) is 6.53. The summed E-state index contributed by atoms with van der Waals surface area (Å²) in [6, 6.07) is 4.25. The van der Waals surface area contributed by atoms with Crippen molar-refractivity contribution in [1.29, 1.82) is 5.26 Å². The van der Waals surface area contributed by atoms with Gasteiger partial charge in [0.25, 0.3) is 0 Å². The van der Waals surface area contributed by atoms with E-state index in [0.717, 1.165) is 29.5 Å². The number of hydrogen-bond acceptors (Lipinski definition) is 6. The minimum absolute atomic E-state index is 0.0837. The summed E-state index contributed by atoms with van der Waals surface area (Å²) in [5.74, 6) is 0.177. The maximum atomic E-state index is 12.5. The van der Waals surface area contributed by atoms with Gasteiger partial charge in [-0.2, -0.15) is 15.1 Å². The summed E-state index contributed by atoms with van der Waals surface area (Å²) in [5, 5.41) is 14.7. The molecule has 8 nitrogen and oxygen atoms in total. The first-order chi connectivity index (χ1) is 14.9. The molecule has 1 aliphatic rings. The Hall–Kier alpha value is -3.21. The number of nitriles is 1. The van der Waals surface area contributed by atoms with Crippen LogP contribution >= 0.6 is 0 Å². The van der Waals surface area contributed by atoms with E-state index in [-0.39, 0.29) is 12.0 Å². The smallest absolute Gasteiger partial charge is 0.334 e. The van der Waals surface area contributed by atoms with Crippen LogP contribution in [-0.2, 0) is 4.79 Å². The lowest BCUT2D eigenvalue weighted by atomic mass is 9.91. The summed E-state index contributed by atoms with van der Waals surface area (Å²) in [7, 11) is 0. The number of carbonyl (C=O) groups is 1. The molecule has 1 fully saturated rings. The molecule has 1 aliphatic carbocycles. The lowest BCUT2D eigenvalue weighted by molar-refractivity contribution is -0.154. The van der Waals surface area contributed by atoms with E-state index in [4.69, 9.17) is 4.84 Å². The summed E-state index contributed by atoms with van der Waals surface area (Å²) >= 11 is 0. The topological polar surface area (TPSA) is 98.6 Å². The molecule has 4 rings (SSSR count). The van der Waals surface area contributed by atoms with Gasteiger partial charge < -0.3 is 4.84 Å². The summed E-state index contributed by atoms with van der Waals surface area (Å²) in [5.41, 5.74) is 1.53. The van der Waals surface area contributed by atoms with Crippen molar-refractivity contribution in [2.45, 2.75) is 65.3 Å². The van der Waals surface area contributed by atoms with Crippen LogP contribution in [0.15, 0.2) is 31.0 Å². The average Bonchev–Trinajstić information content (AvgIpc) is 3.53. The second-order valence-corrected chi connectivity index (χ2v) is 8.90. The lowest BCUT2D eigenvalue weighted by Crippen LogP contribution is -2.32. The highest BCUT2D eigenvalue weighted by Gasteiger charge is 2.29. The van der Waals surface area contributed by atoms with Crippen LogP contribution in [0.5, 0.6) is 0 Å². The van der Waals surface area contributed by atoms with Crippen LogP contribution in [0, 0.1) is 22.7 Å². The van der Waals surface area contributed by atoms with Gasteiger partial charge in [0.05, 0.1) is 35.8 Å². The Morgan fingerprint density at radius 2 is 2.13 bits per heavy atom. The minimum atomic E-state index is -0.580. The molecule has 3 heterocycles. The van der Waals surface area contributed by atoms with Gasteiger partial charge in [0.1, 0.15) is 6.33 Å². The monoisotopic (exact) mass is 420 g/mol. The Morgan fingerprint density at radius 1 is 1.35 bits per heavy atom. The fourth-order valence-electron chi connectivity index (χ4n) is 4.14. The van der Waals surface area contributed by atoms with Gasteiger partial charge in [-0.15, -0.1) is 0 Å². The highest BCUT2D eigenvalue weighted by molar-refractivity contribution is 5.90. The molecule has 0 aromatic carbocycles. The fraction of sp³-hybridized carbons (Fsp3) is 0.522. The van der Waals surface area contributed by atoms with Crippen molar-refractivity contribution in [1.82, 2.24) is 24.5 Å². The molecule has 0 aliphatic heterocycles. The molecule has 3 aromatic heterocycles. The number of fused-ring (bicyclic) bond motifs is 1. The SMILES string of the molecule is CCC(C)(C)C(=O)On1ccc2c(-c3cnn([C@H](CC#N)C4CCCC4)c3)ncnc21. The zero-order valence-electron chi connectivity index (χ0n) is 18.3. The van der Waals surface area contributed by atoms with Gasteiger partial charge in [-0.1, -0.05) is 19.8 Å². The van der Waals surface area contributed by atoms with Crippen LogP contribution in [0.1, 0.15) is 65.3 Å². The molecule has 0 saturated heterocycles. The molecule has 8 heteroatoms. The Morgan fingerprint density at radius 3 is 2.84 bits per heavy atom. The van der Waals surface area contributed by atoms with Crippen molar-refractivity contribution in [2.75, 3.05) is 0 Å². The van der Waals surface area contributed by atoms with E-state index >= 15 is 0 Å². The fourth-order valence-corrected chi connectivity index (χ4v) is 4.14. The molecular formula is C23H28N6O2. The zero-order valence-corrected chi connectivity index (χ0v) is 18.3. The summed E-state index contributed by atoms with van der Waals surface area (Å²) in [6.07, 6.45) is 12.7. The van der Waals surface area contributed by atoms with E-state index in [9.17, 15) is 10.1 Å². The second kappa shape index (κ2) is 8.50. The summed E-state index contributed by atoms with van der Waals surface area (Å²) < 4.78 is 3.32. The van der Waals surface area contributed by atoms with Gasteiger partial charge >= 0.3 is 5.97 Å². The molecule has 0 radical (unpaired) electrons. The van der Waals surface area contributed by atoms with Crippen molar-refractivity contribution in [3.05, 3.63) is 31.0 Å². The Balaban J connectivity index is 1.64. The van der Waals surface area contributed by atoms with E-state index in [1.54, 1.807) is 12.4 Å². The van der Waals surface area contributed by atoms with Crippen LogP contribution in [0.3, 0.4) is 0 Å². The largest absolute Gasteiger partial charge is 0.338 e. The summed E-state index contributed by atoms with van der Waals surface area (Å²) in [4.78, 5) is 26.9. The van der Waals surface area contributed by atoms with Gasteiger partial charge in [-0.05, 0) is 45.1 Å². The first kappa shape index (κ1) is 21.0. The normalized spacial score (nSPS) is 15.8. The van der Waals surface area contributed by atoms with Crippen molar-refractivity contribution in [3.63, 3.8) is 0 Å². The molecule has 0 amide bonds. The quantitative estimate of drug-likeness (QED) is 0.564. The number of hydrogen-bond donors (Lipinski definition) is 0. The van der Waals surface area contributed by atoms with Crippen molar-refractivity contribution in [3.8, 4) is 17.3 Å². The van der Waals surface area contributed by atoms with Crippen molar-refractivity contribution in [2.24, 2.45) is 11.3 Å². The Bertz CT molecular complexity index is 1120. The van der Waals surface area contributed by atoms with Gasteiger partial charge in [0, 0.05) is 23.3 Å². The lowest BCUT2D eigenvalue weighted by Gasteiger charge is -2.21. The van der Waals surface area contributed by atoms with Crippen LogP contribution in [0.4, 0.5) is 0 Å². The van der Waals surface area contributed by atoms with E-state index in [2.05, 4.69) is 21.1 Å². The first-order valence-electron chi connectivity index (χ1n) is 10.9. The number of rotatable bonds is 7. The molecule has 0 unspecified atom stereocenters. The number of aromatic nitrogens is 5. The Labute approximate surface area is 181 Å². The first-order valence-corrected chi connectivity index (χ1v) is 10.9. The average molecular weight is 421 g/mol. The highest BCUT2D eigenvalue weighted by Crippen LogP contribution is 2.36. The van der Waals surface area contributed by atoms with E-state index < -0.39 is 5.41 Å². The van der Waals surface area contributed by atoms with E-state index in [0.29, 0.717) is 24.4 Å². The van der Waals surface area contributed by atoms with Crippen LogP contribution < -0.4 is 4.84 Å². The second-order valence-electron chi connectivity index (χ2n) is 8.90. The third kappa shape index (κ3) is 4.05. The highest BCUT2D eigenvalue weighted by atomic mass is 16.7. The zero-order chi connectivity index (χ0) is 22.0. The number of carbonyl (C=O) groups excluding carboxylic acids is 1. The molecule has 3 aromatic rings. The van der Waals surface area contributed by atoms with Crippen LogP contribution in [0.2, 0.25) is 0 Å². The molecule has 31 heavy (non-hydrogen) atoms. The molecule has 0 bridgehead atoms. The van der Waals surface area contributed by atoms with Crippen LogP contribution in [0.25, 0.3) is 22.3 Å². The predicted molar refractivity (Wildman–Crippen MR) is 116 cm³/mol. The van der Waals surface area contributed by atoms with Crippen molar-refractivity contribution < 1.29 is 9.63 Å². The third-order valence-electron chi connectivity index (χ3n) is 6.53. The Kier molecular flexibility index (Phi) is 5.77. The van der Waals surface area contributed by atoms with Crippen molar-refractivity contribution >= 4 is 17.0 Å². The maximum absolute atomic E-state index is 12.5. The molecule has 0 spiro atoms. The summed E-state index contributed by atoms with van der Waals surface area (Å²) in [6.45, 7) is 5.67. The van der Waals surface area contributed by atoms with Gasteiger partial charge in [0.2, 0.25) is 0 Å². The predicted octanol–water partition coefficient (Wildman–Crippen LogP) is 4.33. The molecular weight excluding hydrogens is 392 g/mol. The van der Waals surface area contributed by atoms with Gasteiger partial charge in [-0.3, -0.25) is 4.68 Å². The molecule has 1 atom stereocenters. The van der Waals surface area contributed by atoms with Crippen LogP contribution in [-0.4, -0.2) is 30.4 Å². The minimum Gasteiger partial charge on any atom is -0.334 e. The molecule has 1 saturated carbocycles. The molecule has 162 valence electrons. The van der Waals surface area contributed by atoms with E-state index in [1.807, 2.05) is 37.7 Å². The number of nitrogens with zero attached hydrogens (tertiary/aromatic N) is 6.